The summed E-state index contributed by atoms with van der Waals surface area (Å²) in [4.78, 5) is 33.7. The minimum absolute atomic E-state index is 0.142. The highest BCUT2D eigenvalue weighted by Crippen LogP contribution is 2.43. The maximum absolute atomic E-state index is 13.0. The first-order valence-corrected chi connectivity index (χ1v) is 11.1. The third kappa shape index (κ3) is 4.12. The molecule has 1 fully saturated rings. The summed E-state index contributed by atoms with van der Waals surface area (Å²) in [5.41, 5.74) is 6.71. The molecule has 3 amide bonds. The topological polar surface area (TPSA) is 152 Å². The van der Waals surface area contributed by atoms with Crippen molar-refractivity contribution in [3.8, 4) is 0 Å². The van der Waals surface area contributed by atoms with Crippen molar-refractivity contribution in [3.63, 3.8) is 0 Å². The molecule has 2 bridgehead atoms. The number of aromatic nitrogens is 2. The van der Waals surface area contributed by atoms with Gasteiger partial charge in [-0.15, -0.1) is 4.83 Å². The Bertz CT molecular complexity index is 1120. The first kappa shape index (κ1) is 22.0. The smallest absolute Gasteiger partial charge is 0.404 e. The number of benzene rings is 1. The van der Waals surface area contributed by atoms with Crippen LogP contribution in [0, 0.1) is 0 Å². The number of primary amides is 1. The molecule has 14 heteroatoms. The van der Waals surface area contributed by atoms with Crippen molar-refractivity contribution in [1.29, 1.82) is 0 Å². The molecule has 1 aromatic heterocycles. The van der Waals surface area contributed by atoms with Gasteiger partial charge in [0.15, 0.2) is 0 Å². The predicted molar refractivity (Wildman–Crippen MR) is 110 cm³/mol. The fourth-order valence-corrected chi connectivity index (χ4v) is 4.71. The number of fused-ring (bicyclic) bond motifs is 4. The van der Waals surface area contributed by atoms with Gasteiger partial charge in [-0.05, 0) is 5.56 Å². The lowest BCUT2D eigenvalue weighted by molar-refractivity contribution is -0.141. The Morgan fingerprint density at radius 1 is 1.31 bits per heavy atom. The van der Waals surface area contributed by atoms with E-state index < -0.39 is 34.4 Å². The minimum atomic E-state index is -4.03. The van der Waals surface area contributed by atoms with E-state index in [0.717, 1.165) is 9.65 Å². The molecule has 2 atom stereocenters. The van der Waals surface area contributed by atoms with E-state index in [0.29, 0.717) is 5.56 Å². The Kier molecular flexibility index (Phi) is 5.77. The van der Waals surface area contributed by atoms with Gasteiger partial charge in [0.1, 0.15) is 25.3 Å². The molecule has 2 aliphatic rings. The SMILES string of the molecule is CN(C)NS(=O)(=O)n1cc2c(n1)[C@@H](COC(N)=O)N1C[C@H]2N(OCc2ccccc2)C1=O. The van der Waals surface area contributed by atoms with Gasteiger partial charge in [0.05, 0.1) is 12.2 Å². The molecule has 0 radical (unpaired) electrons. The van der Waals surface area contributed by atoms with E-state index in [2.05, 4.69) is 9.93 Å². The van der Waals surface area contributed by atoms with Crippen LogP contribution >= 0.6 is 0 Å². The quantitative estimate of drug-likeness (QED) is 0.521. The van der Waals surface area contributed by atoms with Gasteiger partial charge in [-0.1, -0.05) is 30.3 Å². The number of ether oxygens (including phenoxy) is 1. The maximum Gasteiger partial charge on any atom is 0.404 e. The molecule has 32 heavy (non-hydrogen) atoms. The number of hydroxylamine groups is 2. The summed E-state index contributed by atoms with van der Waals surface area (Å²) in [6.07, 6.45) is 0.316. The van der Waals surface area contributed by atoms with E-state index in [9.17, 15) is 18.0 Å². The minimum Gasteiger partial charge on any atom is -0.447 e. The summed E-state index contributed by atoms with van der Waals surface area (Å²) < 4.78 is 30.9. The lowest BCUT2D eigenvalue weighted by Gasteiger charge is -2.28. The van der Waals surface area contributed by atoms with E-state index in [4.69, 9.17) is 15.3 Å². The summed E-state index contributed by atoms with van der Waals surface area (Å²) in [6.45, 7) is 0.0784. The predicted octanol–water partition coefficient (Wildman–Crippen LogP) is 0.103. The van der Waals surface area contributed by atoms with Crippen LogP contribution in [0.1, 0.15) is 28.9 Å². The molecule has 172 valence electrons. The van der Waals surface area contributed by atoms with Crippen LogP contribution < -0.4 is 10.6 Å². The zero-order valence-electron chi connectivity index (χ0n) is 17.4. The number of hydrogen-bond acceptors (Lipinski definition) is 8. The molecule has 3 N–H and O–H groups in total. The van der Waals surface area contributed by atoms with Crippen molar-refractivity contribution < 1.29 is 27.6 Å². The normalized spacial score (nSPS) is 20.0. The summed E-state index contributed by atoms with van der Waals surface area (Å²) in [7, 11) is -0.978. The molecule has 0 spiro atoms. The first-order chi connectivity index (χ1) is 15.2. The highest BCUT2D eigenvalue weighted by atomic mass is 32.2. The van der Waals surface area contributed by atoms with E-state index in [-0.39, 0.29) is 25.5 Å². The zero-order valence-corrected chi connectivity index (χ0v) is 18.2. The molecule has 2 aromatic rings. The van der Waals surface area contributed by atoms with Crippen molar-refractivity contribution in [2.24, 2.45) is 5.73 Å². The lowest BCUT2D eigenvalue weighted by Crippen LogP contribution is -2.40. The van der Waals surface area contributed by atoms with Gasteiger partial charge in [0.25, 0.3) is 0 Å². The number of nitrogens with two attached hydrogens (primary N) is 1. The number of carbonyl (C=O) groups is 2. The average molecular weight is 465 g/mol. The fraction of sp³-hybridized carbons (Fsp3) is 0.389. The van der Waals surface area contributed by atoms with Crippen LogP contribution in [0.15, 0.2) is 36.5 Å². The van der Waals surface area contributed by atoms with Crippen LogP contribution in [0.5, 0.6) is 0 Å². The van der Waals surface area contributed by atoms with Gasteiger partial charge < -0.3 is 15.4 Å². The molecule has 1 aromatic carbocycles. The molecule has 2 aliphatic heterocycles. The summed E-state index contributed by atoms with van der Waals surface area (Å²) in [5, 5.41) is 6.66. The van der Waals surface area contributed by atoms with Gasteiger partial charge in [-0.25, -0.2) is 14.6 Å². The third-order valence-electron chi connectivity index (χ3n) is 5.03. The number of rotatable bonds is 8. The van der Waals surface area contributed by atoms with E-state index in [1.165, 1.54) is 35.3 Å². The number of amides is 3. The highest BCUT2D eigenvalue weighted by Gasteiger charge is 2.51. The van der Waals surface area contributed by atoms with Crippen LogP contribution in [0.25, 0.3) is 0 Å². The fourth-order valence-electron chi connectivity index (χ4n) is 3.71. The lowest BCUT2D eigenvalue weighted by atomic mass is 9.99. The zero-order chi connectivity index (χ0) is 23.0. The Morgan fingerprint density at radius 3 is 2.69 bits per heavy atom. The number of urea groups is 1. The highest BCUT2D eigenvalue weighted by molar-refractivity contribution is 7.87. The standard InChI is InChI=1S/C18H23N7O6S/c1-22(2)21-32(28,29)24-8-13-14-9-23(15(16(13)20-24)11-30-17(19)26)18(27)25(14)31-10-12-6-4-3-5-7-12/h3-8,14-15,21H,9-11H2,1-2H3,(H2,19,26)/t14-,15-/m1/s1. The van der Waals surface area contributed by atoms with Gasteiger partial charge in [0, 0.05) is 25.9 Å². The van der Waals surface area contributed by atoms with Crippen molar-refractivity contribution in [3.05, 3.63) is 53.3 Å². The summed E-state index contributed by atoms with van der Waals surface area (Å²) in [5.74, 6) is 0. The number of nitrogens with one attached hydrogen (secondary N) is 1. The van der Waals surface area contributed by atoms with Crippen LogP contribution in [0.3, 0.4) is 0 Å². The Morgan fingerprint density at radius 2 is 2.03 bits per heavy atom. The molecular weight excluding hydrogens is 442 g/mol. The average Bonchev–Trinajstić information content (AvgIpc) is 3.29. The molecule has 0 saturated carbocycles. The Hall–Kier alpha value is -3.20. The summed E-state index contributed by atoms with van der Waals surface area (Å²) >= 11 is 0. The van der Waals surface area contributed by atoms with Crippen molar-refractivity contribution in [1.82, 2.24) is 29.0 Å². The molecule has 3 heterocycles. The van der Waals surface area contributed by atoms with Crippen LogP contribution in [-0.2, 0) is 26.4 Å². The van der Waals surface area contributed by atoms with Gasteiger partial charge in [-0.2, -0.15) is 22.7 Å². The third-order valence-corrected chi connectivity index (χ3v) is 6.31. The summed E-state index contributed by atoms with van der Waals surface area (Å²) in [6, 6.07) is 7.45. The Labute approximate surface area is 184 Å². The molecule has 0 unspecified atom stereocenters. The van der Waals surface area contributed by atoms with Gasteiger partial charge >= 0.3 is 22.3 Å². The number of carbonyl (C=O) groups excluding carboxylic acids is 2. The Balaban J connectivity index is 1.67. The number of hydrazine groups is 1. The second-order valence-electron chi connectivity index (χ2n) is 7.51. The maximum atomic E-state index is 13.0. The second-order valence-corrected chi connectivity index (χ2v) is 9.02. The van der Waals surface area contributed by atoms with Gasteiger partial charge in [0.2, 0.25) is 0 Å². The largest absolute Gasteiger partial charge is 0.447 e. The second kappa shape index (κ2) is 8.38. The van der Waals surface area contributed by atoms with Crippen molar-refractivity contribution in [2.75, 3.05) is 27.2 Å². The molecule has 0 aliphatic carbocycles. The number of hydrogen-bond donors (Lipinski definition) is 2. The van der Waals surface area contributed by atoms with Crippen molar-refractivity contribution in [2.45, 2.75) is 18.7 Å². The van der Waals surface area contributed by atoms with E-state index in [1.807, 2.05) is 30.3 Å². The monoisotopic (exact) mass is 465 g/mol. The van der Waals surface area contributed by atoms with Crippen LogP contribution in [0.4, 0.5) is 9.59 Å². The molecular formula is C18H23N7O6S. The first-order valence-electron chi connectivity index (χ1n) is 9.66. The van der Waals surface area contributed by atoms with Gasteiger partial charge in [-0.3, -0.25) is 4.84 Å². The van der Waals surface area contributed by atoms with Crippen LogP contribution in [0.2, 0.25) is 0 Å². The molecule has 4 rings (SSSR count). The van der Waals surface area contributed by atoms with E-state index in [1.54, 1.807) is 0 Å². The van der Waals surface area contributed by atoms with E-state index >= 15 is 0 Å². The molecule has 13 nitrogen and oxygen atoms in total. The van der Waals surface area contributed by atoms with Crippen molar-refractivity contribution >= 4 is 22.3 Å². The number of nitrogens with zero attached hydrogens (tertiary/aromatic N) is 5. The van der Waals surface area contributed by atoms with Crippen LogP contribution in [-0.4, -0.2) is 71.9 Å². The molecule has 1 saturated heterocycles.